The van der Waals surface area contributed by atoms with Gasteiger partial charge < -0.3 is 15.8 Å². The number of nitrogens with one attached hydrogen (secondary N) is 1. The smallest absolute Gasteiger partial charge is 0.311 e. The van der Waals surface area contributed by atoms with Gasteiger partial charge in [-0.25, -0.2) is 15.0 Å². The Labute approximate surface area is 228 Å². The number of anilines is 2. The first-order valence-electron chi connectivity index (χ1n) is 12.2. The van der Waals surface area contributed by atoms with Crippen LogP contribution in [0.3, 0.4) is 0 Å². The zero-order valence-corrected chi connectivity index (χ0v) is 22.0. The van der Waals surface area contributed by atoms with E-state index < -0.39 is 4.92 Å². The van der Waals surface area contributed by atoms with Crippen molar-refractivity contribution in [1.82, 2.24) is 24.3 Å². The van der Waals surface area contributed by atoms with Crippen LogP contribution in [0.25, 0.3) is 16.9 Å². The molecule has 3 aromatic heterocycles. The topological polar surface area (TPSA) is 137 Å². The van der Waals surface area contributed by atoms with Crippen LogP contribution in [0.15, 0.2) is 42.6 Å². The van der Waals surface area contributed by atoms with Gasteiger partial charge in [-0.3, -0.25) is 19.4 Å². The quantitative estimate of drug-likeness (QED) is 0.174. The molecular formula is C25H26Cl2N8O3. The molecule has 0 unspecified atom stereocenters. The highest BCUT2D eigenvalue weighted by atomic mass is 35.5. The highest BCUT2D eigenvalue weighted by Crippen LogP contribution is 2.31. The molecule has 1 fully saturated rings. The van der Waals surface area contributed by atoms with Gasteiger partial charge >= 0.3 is 5.69 Å². The van der Waals surface area contributed by atoms with Gasteiger partial charge in [0.25, 0.3) is 0 Å². The van der Waals surface area contributed by atoms with E-state index >= 15 is 0 Å². The van der Waals surface area contributed by atoms with Crippen molar-refractivity contribution >= 4 is 46.3 Å². The predicted octanol–water partition coefficient (Wildman–Crippen LogP) is 4.47. The van der Waals surface area contributed by atoms with Gasteiger partial charge in [0.2, 0.25) is 11.8 Å². The molecule has 4 aromatic rings. The molecule has 1 aromatic carbocycles. The molecule has 0 saturated carbocycles. The van der Waals surface area contributed by atoms with Gasteiger partial charge in [0.15, 0.2) is 0 Å². The summed E-state index contributed by atoms with van der Waals surface area (Å²) in [4.78, 5) is 26.6. The first-order chi connectivity index (χ1) is 18.4. The maximum atomic E-state index is 11.0. The van der Waals surface area contributed by atoms with Crippen LogP contribution in [-0.4, -0.2) is 62.0 Å². The number of aromatic nitrogens is 4. The number of nitrogens with zero attached hydrogens (tertiary/aromatic N) is 6. The number of nitro groups is 1. The zero-order valence-electron chi connectivity index (χ0n) is 20.4. The molecule has 0 aliphatic carbocycles. The first kappa shape index (κ1) is 26.1. The number of nitrogens with two attached hydrogens (primary N) is 1. The molecule has 38 heavy (non-hydrogen) atoms. The fourth-order valence-corrected chi connectivity index (χ4v) is 4.84. The van der Waals surface area contributed by atoms with Gasteiger partial charge in [0.05, 0.1) is 34.5 Å². The molecule has 11 nitrogen and oxygen atoms in total. The molecule has 198 valence electrons. The number of hydrogen-bond acceptors (Lipinski definition) is 9. The number of rotatable bonds is 9. The Kier molecular flexibility index (Phi) is 7.89. The Morgan fingerprint density at radius 2 is 1.89 bits per heavy atom. The molecule has 13 heteroatoms. The van der Waals surface area contributed by atoms with Gasteiger partial charge in [0, 0.05) is 60.8 Å². The summed E-state index contributed by atoms with van der Waals surface area (Å²) in [5.41, 5.74) is 9.33. The Morgan fingerprint density at radius 1 is 1.08 bits per heavy atom. The van der Waals surface area contributed by atoms with Crippen LogP contribution in [0.4, 0.5) is 17.5 Å². The number of aryl methyl sites for hydroxylation is 1. The maximum absolute atomic E-state index is 11.0. The van der Waals surface area contributed by atoms with E-state index in [1.807, 2.05) is 22.7 Å². The van der Waals surface area contributed by atoms with Crippen molar-refractivity contribution in [2.45, 2.75) is 19.4 Å². The van der Waals surface area contributed by atoms with E-state index in [-0.39, 0.29) is 11.5 Å². The second-order valence-electron chi connectivity index (χ2n) is 8.93. The fraction of sp³-hybridized carbons (Fsp3) is 0.320. The Hall–Kier alpha value is -3.51. The van der Waals surface area contributed by atoms with E-state index in [2.05, 4.69) is 15.2 Å². The van der Waals surface area contributed by atoms with Gasteiger partial charge in [0.1, 0.15) is 5.65 Å². The largest absolute Gasteiger partial charge is 0.379 e. The molecule has 0 atom stereocenters. The molecule has 0 radical (unpaired) electrons. The number of fused-ring (bicyclic) bond motifs is 1. The van der Waals surface area contributed by atoms with Gasteiger partial charge in [-0.2, -0.15) is 0 Å². The number of nitrogen functional groups attached to an aromatic ring is 1. The van der Waals surface area contributed by atoms with Gasteiger partial charge in [-0.1, -0.05) is 23.2 Å². The SMILES string of the molecule is Nc1nc(CCCNc2nc(-c3ccc(Cl)cc3Cl)cc3nc(CN4CCOCC4)cn23)ccc1[N+](=O)[O-]. The van der Waals surface area contributed by atoms with E-state index in [9.17, 15) is 10.1 Å². The second-order valence-corrected chi connectivity index (χ2v) is 9.78. The number of hydrogen-bond donors (Lipinski definition) is 2. The number of ether oxygens (including phenoxy) is 1. The monoisotopic (exact) mass is 556 g/mol. The first-order valence-corrected chi connectivity index (χ1v) is 12.9. The Balaban J connectivity index is 1.37. The molecule has 0 spiro atoms. The Bertz CT molecular complexity index is 1470. The predicted molar refractivity (Wildman–Crippen MR) is 147 cm³/mol. The van der Waals surface area contributed by atoms with Crippen LogP contribution < -0.4 is 11.1 Å². The molecule has 0 amide bonds. The molecule has 0 bridgehead atoms. The lowest BCUT2D eigenvalue weighted by atomic mass is 10.1. The number of halogens is 2. The Morgan fingerprint density at radius 3 is 2.63 bits per heavy atom. The third-order valence-electron chi connectivity index (χ3n) is 6.25. The number of pyridine rings is 1. The number of morpholine rings is 1. The molecule has 1 aliphatic heterocycles. The summed E-state index contributed by atoms with van der Waals surface area (Å²) >= 11 is 12.6. The molecule has 3 N–H and O–H groups in total. The summed E-state index contributed by atoms with van der Waals surface area (Å²) in [6.45, 7) is 4.46. The van der Waals surface area contributed by atoms with E-state index in [1.165, 1.54) is 6.07 Å². The average Bonchev–Trinajstić information content (AvgIpc) is 3.29. The average molecular weight is 557 g/mol. The minimum Gasteiger partial charge on any atom is -0.379 e. The normalized spacial score (nSPS) is 14.2. The molecule has 1 aliphatic rings. The molecular weight excluding hydrogens is 531 g/mol. The van der Waals surface area contributed by atoms with E-state index in [4.69, 9.17) is 43.6 Å². The number of imidazole rings is 1. The van der Waals surface area contributed by atoms with Crippen molar-refractivity contribution in [3.8, 4) is 11.3 Å². The molecule has 5 rings (SSSR count). The minimum atomic E-state index is -0.539. The maximum Gasteiger partial charge on any atom is 0.311 e. The van der Waals surface area contributed by atoms with E-state index in [0.717, 1.165) is 49.8 Å². The lowest BCUT2D eigenvalue weighted by Gasteiger charge is -2.25. The van der Waals surface area contributed by atoms with Gasteiger partial charge in [-0.15, -0.1) is 0 Å². The zero-order chi connectivity index (χ0) is 26.6. The van der Waals surface area contributed by atoms with Crippen LogP contribution in [0.1, 0.15) is 17.8 Å². The van der Waals surface area contributed by atoms with Crippen molar-refractivity contribution in [2.24, 2.45) is 0 Å². The van der Waals surface area contributed by atoms with Crippen LogP contribution >= 0.6 is 23.2 Å². The number of benzene rings is 1. The van der Waals surface area contributed by atoms with Crippen LogP contribution in [0, 0.1) is 10.1 Å². The minimum absolute atomic E-state index is 0.0809. The lowest BCUT2D eigenvalue weighted by Crippen LogP contribution is -2.35. The van der Waals surface area contributed by atoms with Crippen LogP contribution in [0.2, 0.25) is 10.0 Å². The highest BCUT2D eigenvalue weighted by Gasteiger charge is 2.17. The van der Waals surface area contributed by atoms with Crippen LogP contribution in [0.5, 0.6) is 0 Å². The lowest BCUT2D eigenvalue weighted by molar-refractivity contribution is -0.384. The van der Waals surface area contributed by atoms with Gasteiger partial charge in [-0.05, 0) is 37.1 Å². The van der Waals surface area contributed by atoms with Crippen LogP contribution in [-0.2, 0) is 17.7 Å². The molecule has 4 heterocycles. The second kappa shape index (κ2) is 11.5. The summed E-state index contributed by atoms with van der Waals surface area (Å²) in [7, 11) is 0. The highest BCUT2D eigenvalue weighted by molar-refractivity contribution is 6.36. The summed E-state index contributed by atoms with van der Waals surface area (Å²) < 4.78 is 7.39. The van der Waals surface area contributed by atoms with E-state index in [0.29, 0.717) is 46.8 Å². The third-order valence-corrected chi connectivity index (χ3v) is 6.80. The van der Waals surface area contributed by atoms with Crippen molar-refractivity contribution < 1.29 is 9.66 Å². The third kappa shape index (κ3) is 5.97. The van der Waals surface area contributed by atoms with Crippen molar-refractivity contribution in [2.75, 3.05) is 43.9 Å². The standard InChI is InChI=1S/C25H26Cl2N8O3/c26-16-3-5-19(20(27)12-16)21-13-23-30-18(14-33-8-10-38-11-9-33)15-34(23)25(32-21)29-7-1-2-17-4-6-22(35(36)37)24(28)31-17/h3-6,12-13,15H,1-2,7-11,14H2,(H2,28,31)(H,29,32). The summed E-state index contributed by atoms with van der Waals surface area (Å²) in [6, 6.07) is 10.2. The van der Waals surface area contributed by atoms with E-state index in [1.54, 1.807) is 18.2 Å². The van der Waals surface area contributed by atoms with Crippen molar-refractivity contribution in [3.05, 3.63) is 74.1 Å². The fourth-order valence-electron chi connectivity index (χ4n) is 4.34. The van der Waals surface area contributed by atoms with Crippen molar-refractivity contribution in [3.63, 3.8) is 0 Å². The van der Waals surface area contributed by atoms with Crippen molar-refractivity contribution in [1.29, 1.82) is 0 Å². The summed E-state index contributed by atoms with van der Waals surface area (Å²) in [5.74, 6) is 0.544. The molecule has 1 saturated heterocycles. The summed E-state index contributed by atoms with van der Waals surface area (Å²) in [6.07, 6.45) is 3.29. The summed E-state index contributed by atoms with van der Waals surface area (Å²) in [5, 5.41) is 15.4.